The molecule has 0 radical (unpaired) electrons. The second kappa shape index (κ2) is 6.27. The molecule has 7 nitrogen and oxygen atoms in total. The summed E-state index contributed by atoms with van der Waals surface area (Å²) in [6.45, 7) is 4.17. The van der Waals surface area contributed by atoms with Gasteiger partial charge in [-0.05, 0) is 30.2 Å². The normalized spacial score (nSPS) is 11.2. The van der Waals surface area contributed by atoms with E-state index in [0.29, 0.717) is 17.5 Å². The minimum atomic E-state index is 0.180. The molecule has 124 valence electrons. The Morgan fingerprint density at radius 2 is 1.72 bits per heavy atom. The smallest absolute Gasteiger partial charge is 0.270 e. The zero-order chi connectivity index (χ0) is 17.2. The van der Waals surface area contributed by atoms with Crippen LogP contribution in [0.1, 0.15) is 25.5 Å². The highest BCUT2D eigenvalue weighted by Gasteiger charge is 2.23. The topological polar surface area (TPSA) is 82.5 Å². The number of nitrogens with zero attached hydrogens (tertiary/aromatic N) is 6. The predicted molar refractivity (Wildman–Crippen MR) is 92.0 cm³/mol. The van der Waals surface area contributed by atoms with E-state index in [1.54, 1.807) is 12.4 Å². The highest BCUT2D eigenvalue weighted by Crippen LogP contribution is 2.29. The molecule has 0 bridgehead atoms. The highest BCUT2D eigenvalue weighted by atomic mass is 16.4. The number of benzene rings is 1. The molecule has 0 saturated heterocycles. The van der Waals surface area contributed by atoms with Crippen LogP contribution < -0.4 is 0 Å². The Bertz CT molecular complexity index is 975. The van der Waals surface area contributed by atoms with Crippen LogP contribution in [0, 0.1) is 0 Å². The number of para-hydroxylation sites is 1. The lowest BCUT2D eigenvalue weighted by Crippen LogP contribution is -2.04. The molecule has 0 N–H and O–H groups in total. The first-order chi connectivity index (χ1) is 12.2. The summed E-state index contributed by atoms with van der Waals surface area (Å²) in [7, 11) is 0. The molecule has 0 amide bonds. The molecular weight excluding hydrogens is 316 g/mol. The van der Waals surface area contributed by atoms with Crippen molar-refractivity contribution >= 4 is 0 Å². The number of hydrogen-bond donors (Lipinski definition) is 0. The van der Waals surface area contributed by atoms with E-state index in [1.165, 1.54) is 0 Å². The van der Waals surface area contributed by atoms with Gasteiger partial charge in [0.25, 0.3) is 5.89 Å². The fraction of sp³-hybridized carbons (Fsp3) is 0.167. The Labute approximate surface area is 144 Å². The van der Waals surface area contributed by atoms with Gasteiger partial charge in [0.2, 0.25) is 5.89 Å². The van der Waals surface area contributed by atoms with Gasteiger partial charge in [0, 0.05) is 12.4 Å². The van der Waals surface area contributed by atoms with Crippen LogP contribution in [0.4, 0.5) is 0 Å². The molecule has 25 heavy (non-hydrogen) atoms. The SMILES string of the molecule is CC(C)c1c(-c2nnc(-c3cccnc3)o2)nnn1-c1ccccc1. The summed E-state index contributed by atoms with van der Waals surface area (Å²) in [5.41, 5.74) is 3.23. The lowest BCUT2D eigenvalue weighted by atomic mass is 10.1. The summed E-state index contributed by atoms with van der Waals surface area (Å²) in [6, 6.07) is 13.6. The number of rotatable bonds is 4. The second-order valence-corrected chi connectivity index (χ2v) is 5.88. The largest absolute Gasteiger partial charge is 0.414 e. The Balaban J connectivity index is 1.79. The molecular formula is C18H16N6O. The van der Waals surface area contributed by atoms with Crippen LogP contribution in [0.2, 0.25) is 0 Å². The van der Waals surface area contributed by atoms with Gasteiger partial charge < -0.3 is 4.42 Å². The predicted octanol–water partition coefficient (Wildman–Crippen LogP) is 3.50. The van der Waals surface area contributed by atoms with Crippen LogP contribution in [0.25, 0.3) is 28.7 Å². The molecule has 3 heterocycles. The van der Waals surface area contributed by atoms with Gasteiger partial charge in [-0.15, -0.1) is 15.3 Å². The first-order valence-corrected chi connectivity index (χ1v) is 7.99. The van der Waals surface area contributed by atoms with Crippen LogP contribution >= 0.6 is 0 Å². The molecule has 0 fully saturated rings. The number of aromatic nitrogens is 6. The lowest BCUT2D eigenvalue weighted by molar-refractivity contribution is 0.580. The van der Waals surface area contributed by atoms with E-state index < -0.39 is 0 Å². The molecule has 0 spiro atoms. The monoisotopic (exact) mass is 332 g/mol. The average Bonchev–Trinajstić information content (AvgIpc) is 3.30. The van der Waals surface area contributed by atoms with Crippen molar-refractivity contribution in [1.82, 2.24) is 30.2 Å². The summed E-state index contributed by atoms with van der Waals surface area (Å²) in [6.07, 6.45) is 3.38. The van der Waals surface area contributed by atoms with Crippen LogP contribution in [0.5, 0.6) is 0 Å². The molecule has 7 heteroatoms. The Morgan fingerprint density at radius 3 is 2.44 bits per heavy atom. The third-order valence-electron chi connectivity index (χ3n) is 3.79. The van der Waals surface area contributed by atoms with Gasteiger partial charge in [-0.3, -0.25) is 4.98 Å². The van der Waals surface area contributed by atoms with Crippen LogP contribution in [0.3, 0.4) is 0 Å². The van der Waals surface area contributed by atoms with Gasteiger partial charge in [0.1, 0.15) is 0 Å². The Kier molecular flexibility index (Phi) is 3.81. The third kappa shape index (κ3) is 2.80. The van der Waals surface area contributed by atoms with Crippen LogP contribution in [-0.2, 0) is 0 Å². The van der Waals surface area contributed by atoms with Crippen molar-refractivity contribution in [3.05, 3.63) is 60.6 Å². The molecule has 4 rings (SSSR count). The van der Waals surface area contributed by atoms with E-state index in [4.69, 9.17) is 4.42 Å². The summed E-state index contributed by atoms with van der Waals surface area (Å²) >= 11 is 0. The molecule has 3 aromatic heterocycles. The van der Waals surface area contributed by atoms with E-state index in [2.05, 4.69) is 39.3 Å². The van der Waals surface area contributed by atoms with Crippen molar-refractivity contribution < 1.29 is 4.42 Å². The number of hydrogen-bond acceptors (Lipinski definition) is 6. The maximum Gasteiger partial charge on any atom is 0.270 e. The van der Waals surface area contributed by atoms with Gasteiger partial charge in [-0.2, -0.15) is 0 Å². The van der Waals surface area contributed by atoms with Crippen molar-refractivity contribution in [3.63, 3.8) is 0 Å². The fourth-order valence-corrected chi connectivity index (χ4v) is 2.64. The quantitative estimate of drug-likeness (QED) is 0.569. The third-order valence-corrected chi connectivity index (χ3v) is 3.79. The van der Waals surface area contributed by atoms with Gasteiger partial charge in [0.15, 0.2) is 5.69 Å². The van der Waals surface area contributed by atoms with Crippen molar-refractivity contribution in [2.45, 2.75) is 19.8 Å². The fourth-order valence-electron chi connectivity index (χ4n) is 2.64. The Hall–Kier alpha value is -3.35. The minimum absolute atomic E-state index is 0.180. The second-order valence-electron chi connectivity index (χ2n) is 5.88. The molecule has 0 aliphatic heterocycles. The van der Waals surface area contributed by atoms with Crippen molar-refractivity contribution in [3.8, 4) is 28.7 Å². The molecule has 0 aliphatic carbocycles. The lowest BCUT2D eigenvalue weighted by Gasteiger charge is -2.09. The summed E-state index contributed by atoms with van der Waals surface area (Å²) in [5, 5.41) is 16.8. The molecule has 0 aliphatic rings. The minimum Gasteiger partial charge on any atom is -0.414 e. The first-order valence-electron chi connectivity index (χ1n) is 7.99. The average molecular weight is 332 g/mol. The maximum absolute atomic E-state index is 5.82. The van der Waals surface area contributed by atoms with Crippen LogP contribution in [0.15, 0.2) is 59.3 Å². The summed E-state index contributed by atoms with van der Waals surface area (Å²) < 4.78 is 7.63. The molecule has 0 unspecified atom stereocenters. The van der Waals surface area contributed by atoms with Gasteiger partial charge in [0.05, 0.1) is 16.9 Å². The van der Waals surface area contributed by atoms with E-state index >= 15 is 0 Å². The Morgan fingerprint density at radius 1 is 0.920 bits per heavy atom. The standard InChI is InChI=1S/C18H16N6O/c1-12(2)16-15(20-23-24(16)14-8-4-3-5-9-14)18-22-21-17(25-18)13-7-6-10-19-11-13/h3-12H,1-2H3. The molecule has 0 saturated carbocycles. The van der Waals surface area contributed by atoms with Crippen molar-refractivity contribution in [2.75, 3.05) is 0 Å². The van der Waals surface area contributed by atoms with E-state index in [1.807, 2.05) is 47.1 Å². The van der Waals surface area contributed by atoms with E-state index in [9.17, 15) is 0 Å². The molecule has 1 aromatic carbocycles. The number of pyridine rings is 1. The van der Waals surface area contributed by atoms with Gasteiger partial charge in [-0.1, -0.05) is 37.3 Å². The summed E-state index contributed by atoms with van der Waals surface area (Å²) in [5.74, 6) is 0.941. The van der Waals surface area contributed by atoms with Crippen LogP contribution in [-0.4, -0.2) is 30.2 Å². The zero-order valence-electron chi connectivity index (χ0n) is 13.9. The van der Waals surface area contributed by atoms with Gasteiger partial charge in [-0.25, -0.2) is 4.68 Å². The summed E-state index contributed by atoms with van der Waals surface area (Å²) in [4.78, 5) is 4.07. The van der Waals surface area contributed by atoms with Crippen molar-refractivity contribution in [2.24, 2.45) is 0 Å². The van der Waals surface area contributed by atoms with E-state index in [0.717, 1.165) is 16.9 Å². The molecule has 0 atom stereocenters. The zero-order valence-corrected chi connectivity index (χ0v) is 13.9. The van der Waals surface area contributed by atoms with Crippen molar-refractivity contribution in [1.29, 1.82) is 0 Å². The van der Waals surface area contributed by atoms with E-state index in [-0.39, 0.29) is 5.92 Å². The first kappa shape index (κ1) is 15.2. The molecule has 4 aromatic rings. The highest BCUT2D eigenvalue weighted by molar-refractivity contribution is 5.57. The van der Waals surface area contributed by atoms with Gasteiger partial charge >= 0.3 is 0 Å². The maximum atomic E-state index is 5.82.